The average Bonchev–Trinajstić information content (AvgIpc) is 3.10. The summed E-state index contributed by atoms with van der Waals surface area (Å²) in [5.74, 6) is 1.49. The average molecular weight is 384 g/mol. The zero-order valence-electron chi connectivity index (χ0n) is 14.2. The van der Waals surface area contributed by atoms with Gasteiger partial charge in [-0.2, -0.15) is 0 Å². The molecule has 0 saturated carbocycles. The number of ether oxygens (including phenoxy) is 2. The molecule has 1 saturated heterocycles. The molecular formula is C17H22ClN3O3S. The van der Waals surface area contributed by atoms with E-state index in [1.165, 1.54) is 11.3 Å². The highest BCUT2D eigenvalue weighted by atomic mass is 35.5. The second-order valence-corrected chi connectivity index (χ2v) is 6.49. The highest BCUT2D eigenvalue weighted by Crippen LogP contribution is 2.35. The van der Waals surface area contributed by atoms with Crippen molar-refractivity contribution in [1.29, 1.82) is 0 Å². The third-order valence-electron chi connectivity index (χ3n) is 4.08. The van der Waals surface area contributed by atoms with Crippen LogP contribution >= 0.6 is 23.7 Å². The first-order chi connectivity index (χ1) is 11.7. The summed E-state index contributed by atoms with van der Waals surface area (Å²) in [4.78, 5) is 16.8. The van der Waals surface area contributed by atoms with Crippen molar-refractivity contribution < 1.29 is 14.3 Å². The second kappa shape index (κ2) is 9.03. The maximum atomic E-state index is 12.3. The molecule has 0 bridgehead atoms. The molecule has 8 heteroatoms. The predicted molar refractivity (Wildman–Crippen MR) is 102 cm³/mol. The Morgan fingerprint density at radius 3 is 2.88 bits per heavy atom. The standard InChI is InChI=1S/C17H21N3O3S.ClH/c1-22-12-5-6-15(23-2)13(8-12)14-10-24-17(19-14)20-16(21)11-4-3-7-18-9-11;/h5-6,8,10-11,18H,3-4,7,9H2,1-2H3,(H,19,20,21);1H. The summed E-state index contributed by atoms with van der Waals surface area (Å²) in [6.07, 6.45) is 1.95. The van der Waals surface area contributed by atoms with E-state index < -0.39 is 0 Å². The summed E-state index contributed by atoms with van der Waals surface area (Å²) in [6.45, 7) is 1.72. The van der Waals surface area contributed by atoms with Gasteiger partial charge < -0.3 is 20.1 Å². The fourth-order valence-electron chi connectivity index (χ4n) is 2.75. The molecule has 1 aliphatic heterocycles. The van der Waals surface area contributed by atoms with Gasteiger partial charge in [-0.15, -0.1) is 23.7 Å². The number of hydrogen-bond acceptors (Lipinski definition) is 6. The molecule has 0 radical (unpaired) electrons. The van der Waals surface area contributed by atoms with Crippen LogP contribution in [0.3, 0.4) is 0 Å². The number of halogens is 1. The van der Waals surface area contributed by atoms with E-state index in [2.05, 4.69) is 15.6 Å². The molecule has 3 rings (SSSR count). The molecule has 1 atom stereocenters. The van der Waals surface area contributed by atoms with E-state index in [0.717, 1.165) is 48.7 Å². The molecule has 25 heavy (non-hydrogen) atoms. The smallest absolute Gasteiger partial charge is 0.230 e. The fourth-order valence-corrected chi connectivity index (χ4v) is 3.47. The monoisotopic (exact) mass is 383 g/mol. The lowest BCUT2D eigenvalue weighted by molar-refractivity contribution is -0.120. The number of anilines is 1. The molecule has 136 valence electrons. The van der Waals surface area contributed by atoms with E-state index in [4.69, 9.17) is 9.47 Å². The minimum Gasteiger partial charge on any atom is -0.497 e. The van der Waals surface area contributed by atoms with Crippen LogP contribution in [0.25, 0.3) is 11.3 Å². The van der Waals surface area contributed by atoms with Gasteiger partial charge >= 0.3 is 0 Å². The van der Waals surface area contributed by atoms with E-state index in [1.807, 2.05) is 23.6 Å². The zero-order chi connectivity index (χ0) is 16.9. The first kappa shape index (κ1) is 19.5. The number of aromatic nitrogens is 1. The summed E-state index contributed by atoms with van der Waals surface area (Å²) in [5, 5.41) is 8.69. The first-order valence-corrected chi connectivity index (χ1v) is 8.78. The normalized spacial score (nSPS) is 16.6. The molecule has 0 spiro atoms. The van der Waals surface area contributed by atoms with Crippen LogP contribution in [0.5, 0.6) is 11.5 Å². The minimum absolute atomic E-state index is 0. The predicted octanol–water partition coefficient (Wildman–Crippen LogP) is 3.19. The van der Waals surface area contributed by atoms with Crippen molar-refractivity contribution >= 4 is 34.8 Å². The number of nitrogens with one attached hydrogen (secondary N) is 2. The van der Waals surface area contributed by atoms with Gasteiger partial charge in [0.1, 0.15) is 11.5 Å². The van der Waals surface area contributed by atoms with Crippen molar-refractivity contribution in [3.05, 3.63) is 23.6 Å². The molecular weight excluding hydrogens is 362 g/mol. The molecule has 1 aliphatic rings. The largest absolute Gasteiger partial charge is 0.497 e. The quantitative estimate of drug-likeness (QED) is 0.829. The SMILES string of the molecule is COc1ccc(OC)c(-c2csc(NC(=O)C3CCCNC3)n2)c1.Cl. The molecule has 1 aromatic carbocycles. The van der Waals surface area contributed by atoms with Crippen LogP contribution in [0, 0.1) is 5.92 Å². The lowest BCUT2D eigenvalue weighted by Crippen LogP contribution is -2.37. The van der Waals surface area contributed by atoms with Crippen LogP contribution in [0.15, 0.2) is 23.6 Å². The van der Waals surface area contributed by atoms with Gasteiger partial charge in [-0.25, -0.2) is 4.98 Å². The van der Waals surface area contributed by atoms with Crippen LogP contribution < -0.4 is 20.1 Å². The number of piperidine rings is 1. The van der Waals surface area contributed by atoms with E-state index in [-0.39, 0.29) is 24.2 Å². The van der Waals surface area contributed by atoms with E-state index in [0.29, 0.717) is 5.13 Å². The molecule has 1 fully saturated rings. The van der Waals surface area contributed by atoms with Crippen LogP contribution in [-0.4, -0.2) is 38.2 Å². The van der Waals surface area contributed by atoms with E-state index in [1.54, 1.807) is 14.2 Å². The third kappa shape index (κ3) is 4.62. The number of methoxy groups -OCH3 is 2. The van der Waals surface area contributed by atoms with E-state index in [9.17, 15) is 4.79 Å². The minimum atomic E-state index is 0. The number of hydrogen-bond donors (Lipinski definition) is 2. The molecule has 1 amide bonds. The number of rotatable bonds is 5. The van der Waals surface area contributed by atoms with Crippen LogP contribution in [0.4, 0.5) is 5.13 Å². The Morgan fingerprint density at radius 1 is 1.36 bits per heavy atom. The summed E-state index contributed by atoms with van der Waals surface area (Å²) in [5.41, 5.74) is 1.60. The number of carbonyl (C=O) groups excluding carboxylic acids is 1. The second-order valence-electron chi connectivity index (χ2n) is 5.64. The fraction of sp³-hybridized carbons (Fsp3) is 0.412. The van der Waals surface area contributed by atoms with Gasteiger partial charge in [0.25, 0.3) is 0 Å². The van der Waals surface area contributed by atoms with Crippen LogP contribution in [-0.2, 0) is 4.79 Å². The number of amides is 1. The number of benzene rings is 1. The van der Waals surface area contributed by atoms with Crippen molar-refractivity contribution in [2.24, 2.45) is 5.92 Å². The Balaban J connectivity index is 0.00000225. The van der Waals surface area contributed by atoms with Gasteiger partial charge in [0, 0.05) is 17.5 Å². The van der Waals surface area contributed by atoms with Gasteiger partial charge in [0.2, 0.25) is 5.91 Å². The Bertz CT molecular complexity index is 717. The molecule has 0 aliphatic carbocycles. The van der Waals surface area contributed by atoms with Crippen LogP contribution in [0.2, 0.25) is 0 Å². The molecule has 1 unspecified atom stereocenters. The maximum Gasteiger partial charge on any atom is 0.230 e. The van der Waals surface area contributed by atoms with Crippen molar-refractivity contribution in [2.45, 2.75) is 12.8 Å². The summed E-state index contributed by atoms with van der Waals surface area (Å²) in [6, 6.07) is 5.57. The van der Waals surface area contributed by atoms with Crippen LogP contribution in [0.1, 0.15) is 12.8 Å². The van der Waals surface area contributed by atoms with Crippen molar-refractivity contribution in [3.63, 3.8) is 0 Å². The maximum absolute atomic E-state index is 12.3. The summed E-state index contributed by atoms with van der Waals surface area (Å²) >= 11 is 1.41. The highest BCUT2D eigenvalue weighted by Gasteiger charge is 2.22. The zero-order valence-corrected chi connectivity index (χ0v) is 15.8. The van der Waals surface area contributed by atoms with Gasteiger partial charge in [-0.05, 0) is 37.6 Å². The number of carbonyl (C=O) groups is 1. The Morgan fingerprint density at radius 2 is 2.20 bits per heavy atom. The molecule has 6 nitrogen and oxygen atoms in total. The first-order valence-electron chi connectivity index (χ1n) is 7.90. The Hall–Kier alpha value is -1.83. The summed E-state index contributed by atoms with van der Waals surface area (Å²) < 4.78 is 10.7. The third-order valence-corrected chi connectivity index (χ3v) is 4.84. The lowest BCUT2D eigenvalue weighted by Gasteiger charge is -2.21. The van der Waals surface area contributed by atoms with Crippen molar-refractivity contribution in [2.75, 3.05) is 32.6 Å². The van der Waals surface area contributed by atoms with Crippen molar-refractivity contribution in [1.82, 2.24) is 10.3 Å². The Labute approximate surface area is 157 Å². The van der Waals surface area contributed by atoms with Gasteiger partial charge in [0.15, 0.2) is 5.13 Å². The topological polar surface area (TPSA) is 72.5 Å². The highest BCUT2D eigenvalue weighted by molar-refractivity contribution is 7.14. The molecule has 2 N–H and O–H groups in total. The van der Waals surface area contributed by atoms with Gasteiger partial charge in [0.05, 0.1) is 25.8 Å². The molecule has 2 aromatic rings. The lowest BCUT2D eigenvalue weighted by atomic mass is 9.99. The molecule has 2 heterocycles. The molecule has 1 aromatic heterocycles. The summed E-state index contributed by atoms with van der Waals surface area (Å²) in [7, 11) is 3.24. The number of thiazole rings is 1. The number of nitrogens with zero attached hydrogens (tertiary/aromatic N) is 1. The Kier molecular flexibility index (Phi) is 7.04. The van der Waals surface area contributed by atoms with Gasteiger partial charge in [-0.1, -0.05) is 0 Å². The van der Waals surface area contributed by atoms with Gasteiger partial charge in [-0.3, -0.25) is 4.79 Å². The van der Waals surface area contributed by atoms with E-state index >= 15 is 0 Å². The van der Waals surface area contributed by atoms with Crippen molar-refractivity contribution in [3.8, 4) is 22.8 Å².